The number of amides is 2. The van der Waals surface area contributed by atoms with E-state index in [0.717, 1.165) is 10.6 Å². The summed E-state index contributed by atoms with van der Waals surface area (Å²) < 4.78 is 10.3. The van der Waals surface area contributed by atoms with Crippen molar-refractivity contribution < 1.29 is 23.9 Å². The number of carbonyl (C=O) groups is 3. The van der Waals surface area contributed by atoms with Crippen LogP contribution in [0.25, 0.3) is 10.6 Å². The van der Waals surface area contributed by atoms with E-state index < -0.39 is 11.9 Å². The Morgan fingerprint density at radius 1 is 1.09 bits per heavy atom. The molecule has 0 radical (unpaired) electrons. The van der Waals surface area contributed by atoms with Crippen molar-refractivity contribution in [1.82, 2.24) is 9.88 Å². The molecule has 2 heterocycles. The van der Waals surface area contributed by atoms with Gasteiger partial charge in [0.05, 0.1) is 22.4 Å². The first-order chi connectivity index (χ1) is 15.5. The molecule has 4 rings (SSSR count). The lowest BCUT2D eigenvalue weighted by molar-refractivity contribution is 0.0468. The highest BCUT2D eigenvalue weighted by Crippen LogP contribution is 2.27. The Kier molecular flexibility index (Phi) is 6.64. The summed E-state index contributed by atoms with van der Waals surface area (Å²) in [6, 6.07) is 11.7. The maximum absolute atomic E-state index is 12.6. The summed E-state index contributed by atoms with van der Waals surface area (Å²) in [6.45, 7) is 0.705. The second kappa shape index (κ2) is 9.60. The first-order valence-electron chi connectivity index (χ1n) is 9.84. The molecular weight excluding hydrogens is 452 g/mol. The molecule has 2 amide bonds. The normalized spacial score (nSPS) is 12.9. The number of ether oxygens (including phenoxy) is 2. The number of nitrogens with zero attached hydrogens (tertiary/aromatic N) is 2. The second-order valence-electron chi connectivity index (χ2n) is 7.10. The van der Waals surface area contributed by atoms with Crippen molar-refractivity contribution in [3.8, 4) is 10.6 Å². The number of hydrogen-bond acceptors (Lipinski definition) is 7. The van der Waals surface area contributed by atoms with Crippen LogP contribution in [0.4, 0.5) is 0 Å². The standard InChI is InChI=1S/C23H19ClN2O5S/c1-30-10-2-9-26-21(27)18-8-5-15(11-19(18)22(26)28)23(29)31-12-17-13-32-20(25-17)14-3-6-16(24)7-4-14/h3-8,11,13H,2,9-10,12H2,1H3. The molecule has 0 fully saturated rings. The molecule has 0 spiro atoms. The lowest BCUT2D eigenvalue weighted by atomic mass is 10.1. The van der Waals surface area contributed by atoms with Gasteiger partial charge >= 0.3 is 5.97 Å². The summed E-state index contributed by atoms with van der Waals surface area (Å²) in [6.07, 6.45) is 0.544. The van der Waals surface area contributed by atoms with Crippen molar-refractivity contribution in [2.45, 2.75) is 13.0 Å². The quantitative estimate of drug-likeness (QED) is 0.274. The number of aromatic nitrogens is 1. The Labute approximate surface area is 193 Å². The average Bonchev–Trinajstić information content (AvgIpc) is 3.37. The third kappa shape index (κ3) is 4.57. The zero-order valence-corrected chi connectivity index (χ0v) is 18.7. The molecule has 0 unspecified atom stereocenters. The predicted octanol–water partition coefficient (Wildman–Crippen LogP) is 4.45. The van der Waals surface area contributed by atoms with Crippen molar-refractivity contribution in [2.75, 3.05) is 20.3 Å². The minimum absolute atomic E-state index is 0.00394. The Morgan fingerprint density at radius 3 is 2.59 bits per heavy atom. The lowest BCUT2D eigenvalue weighted by Gasteiger charge is -2.12. The van der Waals surface area contributed by atoms with Crippen LogP contribution in [0, 0.1) is 0 Å². The average molecular weight is 471 g/mol. The van der Waals surface area contributed by atoms with Crippen molar-refractivity contribution in [2.24, 2.45) is 0 Å². The molecule has 0 bridgehead atoms. The number of hydrogen-bond donors (Lipinski definition) is 0. The van der Waals surface area contributed by atoms with E-state index in [-0.39, 0.29) is 35.7 Å². The van der Waals surface area contributed by atoms with E-state index in [2.05, 4.69) is 4.98 Å². The molecule has 1 aliphatic heterocycles. The highest BCUT2D eigenvalue weighted by atomic mass is 35.5. The van der Waals surface area contributed by atoms with E-state index in [9.17, 15) is 14.4 Å². The number of benzene rings is 2. The molecule has 0 atom stereocenters. The van der Waals surface area contributed by atoms with Gasteiger partial charge in [0.15, 0.2) is 0 Å². The predicted molar refractivity (Wildman–Crippen MR) is 120 cm³/mol. The Bertz CT molecular complexity index is 1180. The highest BCUT2D eigenvalue weighted by molar-refractivity contribution is 7.13. The maximum Gasteiger partial charge on any atom is 0.338 e. The summed E-state index contributed by atoms with van der Waals surface area (Å²) in [5, 5.41) is 3.26. The number of fused-ring (bicyclic) bond motifs is 1. The SMILES string of the molecule is COCCCN1C(=O)c2ccc(C(=O)OCc3csc(-c4ccc(Cl)cc4)n3)cc2C1=O. The van der Waals surface area contributed by atoms with Crippen LogP contribution in [-0.2, 0) is 16.1 Å². The maximum atomic E-state index is 12.6. The summed E-state index contributed by atoms with van der Waals surface area (Å²) in [5.41, 5.74) is 2.24. The molecule has 0 N–H and O–H groups in total. The van der Waals surface area contributed by atoms with E-state index >= 15 is 0 Å². The molecule has 0 aliphatic carbocycles. The molecule has 7 nitrogen and oxygen atoms in total. The molecule has 1 aromatic heterocycles. The zero-order chi connectivity index (χ0) is 22.7. The van der Waals surface area contributed by atoms with E-state index in [1.807, 2.05) is 17.5 Å². The minimum atomic E-state index is -0.591. The fourth-order valence-corrected chi connectivity index (χ4v) is 4.25. The molecule has 0 saturated carbocycles. The van der Waals surface area contributed by atoms with Gasteiger partial charge in [-0.2, -0.15) is 0 Å². The largest absolute Gasteiger partial charge is 0.456 e. The number of esters is 1. The number of carbonyl (C=O) groups excluding carboxylic acids is 3. The van der Waals surface area contributed by atoms with Gasteiger partial charge in [0.1, 0.15) is 11.6 Å². The summed E-state index contributed by atoms with van der Waals surface area (Å²) in [4.78, 5) is 43.3. The van der Waals surface area contributed by atoms with Crippen molar-refractivity contribution in [1.29, 1.82) is 0 Å². The number of rotatable bonds is 8. The fourth-order valence-electron chi connectivity index (χ4n) is 3.31. The van der Waals surface area contributed by atoms with Gasteiger partial charge < -0.3 is 9.47 Å². The van der Waals surface area contributed by atoms with Crippen LogP contribution in [0.3, 0.4) is 0 Å². The number of halogens is 1. The van der Waals surface area contributed by atoms with Crippen LogP contribution in [0.5, 0.6) is 0 Å². The van der Waals surface area contributed by atoms with Crippen LogP contribution in [0.15, 0.2) is 47.8 Å². The van der Waals surface area contributed by atoms with Gasteiger partial charge in [-0.3, -0.25) is 14.5 Å². The summed E-state index contributed by atoms with van der Waals surface area (Å²) in [5.74, 6) is -1.37. The zero-order valence-electron chi connectivity index (χ0n) is 17.2. The van der Waals surface area contributed by atoms with Crippen molar-refractivity contribution in [3.05, 3.63) is 75.3 Å². The van der Waals surface area contributed by atoms with Crippen molar-refractivity contribution in [3.63, 3.8) is 0 Å². The van der Waals surface area contributed by atoms with Crippen LogP contribution >= 0.6 is 22.9 Å². The van der Waals surface area contributed by atoms with Gasteiger partial charge in [-0.15, -0.1) is 11.3 Å². The second-order valence-corrected chi connectivity index (χ2v) is 8.39. The third-order valence-corrected chi connectivity index (χ3v) is 6.12. The minimum Gasteiger partial charge on any atom is -0.456 e. The van der Waals surface area contributed by atoms with Gasteiger partial charge in [0.2, 0.25) is 0 Å². The van der Waals surface area contributed by atoms with Crippen LogP contribution < -0.4 is 0 Å². The molecule has 32 heavy (non-hydrogen) atoms. The number of methoxy groups -OCH3 is 1. The summed E-state index contributed by atoms with van der Waals surface area (Å²) >= 11 is 7.35. The fraction of sp³-hybridized carbons (Fsp3) is 0.217. The summed E-state index contributed by atoms with van der Waals surface area (Å²) in [7, 11) is 1.56. The molecule has 0 saturated heterocycles. The third-order valence-electron chi connectivity index (χ3n) is 4.93. The molecule has 2 aromatic carbocycles. The van der Waals surface area contributed by atoms with Gasteiger partial charge in [-0.05, 0) is 36.8 Å². The molecular formula is C23H19ClN2O5S. The van der Waals surface area contributed by atoms with Gasteiger partial charge in [-0.1, -0.05) is 23.7 Å². The smallest absolute Gasteiger partial charge is 0.338 e. The topological polar surface area (TPSA) is 85.8 Å². The van der Waals surface area contributed by atoms with E-state index in [1.165, 1.54) is 34.4 Å². The van der Waals surface area contributed by atoms with E-state index in [4.69, 9.17) is 21.1 Å². The Balaban J connectivity index is 1.41. The van der Waals surface area contributed by atoms with Gasteiger partial charge in [0, 0.05) is 36.2 Å². The first-order valence-corrected chi connectivity index (χ1v) is 11.1. The number of imide groups is 1. The van der Waals surface area contributed by atoms with Gasteiger partial charge in [-0.25, -0.2) is 9.78 Å². The molecule has 9 heteroatoms. The Hall–Kier alpha value is -3.07. The first kappa shape index (κ1) is 22.1. The lowest BCUT2D eigenvalue weighted by Crippen LogP contribution is -2.31. The van der Waals surface area contributed by atoms with Gasteiger partial charge in [0.25, 0.3) is 11.8 Å². The number of thiazole rings is 1. The van der Waals surface area contributed by atoms with Crippen LogP contribution in [0.2, 0.25) is 5.02 Å². The highest BCUT2D eigenvalue weighted by Gasteiger charge is 2.35. The molecule has 3 aromatic rings. The van der Waals surface area contributed by atoms with E-state index in [0.29, 0.717) is 23.7 Å². The Morgan fingerprint density at radius 2 is 1.84 bits per heavy atom. The molecule has 1 aliphatic rings. The van der Waals surface area contributed by atoms with E-state index in [1.54, 1.807) is 19.2 Å². The molecule has 164 valence electrons. The van der Waals surface area contributed by atoms with Crippen LogP contribution in [0.1, 0.15) is 43.2 Å². The van der Waals surface area contributed by atoms with Crippen molar-refractivity contribution >= 4 is 40.7 Å². The van der Waals surface area contributed by atoms with Crippen LogP contribution in [-0.4, -0.2) is 47.9 Å². The monoisotopic (exact) mass is 470 g/mol.